The summed E-state index contributed by atoms with van der Waals surface area (Å²) >= 11 is 13.7. The molecule has 0 saturated carbocycles. The molecule has 0 atom stereocenters. The second kappa shape index (κ2) is 8.24. The van der Waals surface area contributed by atoms with Crippen LogP contribution in [0.5, 0.6) is 0 Å². The van der Waals surface area contributed by atoms with Crippen LogP contribution < -0.4 is 4.80 Å². The number of furan rings is 1. The molecule has 0 aliphatic carbocycles. The number of benzene rings is 2. The first-order valence-electron chi connectivity index (χ1n) is 8.46. The fraction of sp³-hybridized carbons (Fsp3) is 0.0500. The highest BCUT2D eigenvalue weighted by atomic mass is 35.5. The normalized spacial score (nSPS) is 11.7. The fourth-order valence-corrected chi connectivity index (χ4v) is 4.16. The third-order valence-corrected chi connectivity index (χ3v) is 5.59. The van der Waals surface area contributed by atoms with E-state index in [0.717, 1.165) is 17.0 Å². The maximum Gasteiger partial charge on any atom is 0.269 e. The van der Waals surface area contributed by atoms with Crippen LogP contribution >= 0.6 is 34.5 Å². The summed E-state index contributed by atoms with van der Waals surface area (Å²) in [5, 5.41) is 13.9. The lowest BCUT2D eigenvalue weighted by atomic mass is 10.1. The molecule has 0 aliphatic rings. The van der Waals surface area contributed by atoms with Crippen molar-refractivity contribution in [3.05, 3.63) is 97.0 Å². The molecule has 2 heterocycles. The van der Waals surface area contributed by atoms with Crippen molar-refractivity contribution < 1.29 is 9.34 Å². The first-order valence-corrected chi connectivity index (χ1v) is 10.1. The van der Waals surface area contributed by atoms with Crippen molar-refractivity contribution in [3.8, 4) is 11.3 Å². The van der Waals surface area contributed by atoms with Gasteiger partial charge in [-0.15, -0.1) is 11.3 Å². The van der Waals surface area contributed by atoms with E-state index in [0.29, 0.717) is 27.1 Å². The highest BCUT2D eigenvalue weighted by Gasteiger charge is 2.13. The number of nitro benzene ring substituents is 1. The van der Waals surface area contributed by atoms with Crippen LogP contribution in [-0.2, 0) is 6.54 Å². The minimum Gasteiger partial charge on any atom is -0.467 e. The van der Waals surface area contributed by atoms with E-state index in [2.05, 4.69) is 0 Å². The van der Waals surface area contributed by atoms with Gasteiger partial charge in [0.2, 0.25) is 0 Å². The molecular formula is C20H13Cl2N3O3S. The highest BCUT2D eigenvalue weighted by Crippen LogP contribution is 2.29. The molecule has 2 aromatic carbocycles. The summed E-state index contributed by atoms with van der Waals surface area (Å²) in [5.74, 6) is 0.759. The Hall–Kier alpha value is -2.87. The van der Waals surface area contributed by atoms with Gasteiger partial charge in [-0.2, -0.15) is 0 Å². The van der Waals surface area contributed by atoms with Crippen LogP contribution in [0.15, 0.2) is 75.7 Å². The number of hydrogen-bond acceptors (Lipinski definition) is 5. The SMILES string of the molecule is O=[N+]([O-])c1ccc(-c2csc(=Nc3ccc(Cl)cc3Cl)n2Cc2ccco2)cc1. The molecule has 9 heteroatoms. The average Bonchev–Trinajstić information content (AvgIpc) is 3.35. The van der Waals surface area contributed by atoms with Crippen LogP contribution in [0.2, 0.25) is 10.0 Å². The topological polar surface area (TPSA) is 73.6 Å². The molecule has 4 aromatic rings. The van der Waals surface area contributed by atoms with Gasteiger partial charge in [-0.05, 0) is 48.0 Å². The molecule has 4 rings (SSSR count). The quantitative estimate of drug-likeness (QED) is 0.267. The predicted molar refractivity (Wildman–Crippen MR) is 114 cm³/mol. The molecule has 0 amide bonds. The molecule has 0 spiro atoms. The van der Waals surface area contributed by atoms with Crippen molar-refractivity contribution in [2.24, 2.45) is 4.99 Å². The molecule has 0 N–H and O–H groups in total. The zero-order chi connectivity index (χ0) is 20.4. The molecule has 0 fully saturated rings. The lowest BCUT2D eigenvalue weighted by Gasteiger charge is -2.08. The molecule has 6 nitrogen and oxygen atoms in total. The van der Waals surface area contributed by atoms with Gasteiger partial charge < -0.3 is 8.98 Å². The van der Waals surface area contributed by atoms with Crippen LogP contribution in [-0.4, -0.2) is 9.49 Å². The van der Waals surface area contributed by atoms with Gasteiger partial charge in [0.05, 0.1) is 34.1 Å². The van der Waals surface area contributed by atoms with E-state index >= 15 is 0 Å². The number of nitrogens with zero attached hydrogens (tertiary/aromatic N) is 3. The summed E-state index contributed by atoms with van der Waals surface area (Å²) in [6.07, 6.45) is 1.61. The number of rotatable bonds is 5. The summed E-state index contributed by atoms with van der Waals surface area (Å²) in [6.45, 7) is 0.451. The standard InChI is InChI=1S/C20H13Cl2N3O3S/c21-14-5-8-18(17(22)10-14)23-20-24(11-16-2-1-9-28-16)19(12-29-20)13-3-6-15(7-4-13)25(26)27/h1-10,12H,11H2. The van der Waals surface area contributed by atoms with Gasteiger partial charge in [0.1, 0.15) is 5.76 Å². The lowest BCUT2D eigenvalue weighted by molar-refractivity contribution is -0.384. The van der Waals surface area contributed by atoms with Gasteiger partial charge in [-0.1, -0.05) is 23.2 Å². The van der Waals surface area contributed by atoms with E-state index in [4.69, 9.17) is 32.6 Å². The van der Waals surface area contributed by atoms with E-state index in [1.165, 1.54) is 23.5 Å². The molecular weight excluding hydrogens is 433 g/mol. The third kappa shape index (κ3) is 4.27. The lowest BCUT2D eigenvalue weighted by Crippen LogP contribution is -2.16. The van der Waals surface area contributed by atoms with E-state index < -0.39 is 4.92 Å². The number of thiazole rings is 1. The maximum atomic E-state index is 10.9. The van der Waals surface area contributed by atoms with Crippen LogP contribution in [0.4, 0.5) is 11.4 Å². The van der Waals surface area contributed by atoms with Crippen molar-refractivity contribution >= 4 is 45.9 Å². The van der Waals surface area contributed by atoms with Crippen LogP contribution in [0.25, 0.3) is 11.3 Å². The Balaban J connectivity index is 1.83. The Morgan fingerprint density at radius 1 is 1.14 bits per heavy atom. The van der Waals surface area contributed by atoms with Crippen LogP contribution in [0.3, 0.4) is 0 Å². The van der Waals surface area contributed by atoms with Gasteiger partial charge in [-0.3, -0.25) is 10.1 Å². The number of halogens is 2. The first-order chi connectivity index (χ1) is 14.0. The Morgan fingerprint density at radius 2 is 1.93 bits per heavy atom. The smallest absolute Gasteiger partial charge is 0.269 e. The zero-order valence-corrected chi connectivity index (χ0v) is 17.1. The van der Waals surface area contributed by atoms with E-state index in [-0.39, 0.29) is 5.69 Å². The van der Waals surface area contributed by atoms with E-state index in [1.54, 1.807) is 36.6 Å². The fourth-order valence-electron chi connectivity index (χ4n) is 2.79. The average molecular weight is 446 g/mol. The van der Waals surface area contributed by atoms with Crippen molar-refractivity contribution in [2.75, 3.05) is 0 Å². The number of non-ortho nitro benzene ring substituents is 1. The molecule has 146 valence electrons. The van der Waals surface area contributed by atoms with Gasteiger partial charge >= 0.3 is 0 Å². The summed E-state index contributed by atoms with van der Waals surface area (Å²) in [4.78, 5) is 15.9. The predicted octanol–water partition coefficient (Wildman–Crippen LogP) is 6.31. The Morgan fingerprint density at radius 3 is 2.59 bits per heavy atom. The Kier molecular flexibility index (Phi) is 5.53. The van der Waals surface area contributed by atoms with E-state index in [9.17, 15) is 10.1 Å². The Labute approximate surface area is 179 Å². The molecule has 0 unspecified atom stereocenters. The minimum absolute atomic E-state index is 0.0411. The number of aromatic nitrogens is 1. The number of nitro groups is 1. The van der Waals surface area contributed by atoms with Crippen LogP contribution in [0, 0.1) is 10.1 Å². The second-order valence-corrected chi connectivity index (χ2v) is 7.76. The molecule has 0 saturated heterocycles. The van der Waals surface area contributed by atoms with Crippen molar-refractivity contribution in [2.45, 2.75) is 6.54 Å². The molecule has 2 aromatic heterocycles. The van der Waals surface area contributed by atoms with Gasteiger partial charge in [0.15, 0.2) is 4.80 Å². The van der Waals surface area contributed by atoms with Crippen molar-refractivity contribution in [3.63, 3.8) is 0 Å². The zero-order valence-electron chi connectivity index (χ0n) is 14.8. The second-order valence-electron chi connectivity index (χ2n) is 6.08. The van der Waals surface area contributed by atoms with Crippen molar-refractivity contribution in [1.29, 1.82) is 0 Å². The summed E-state index contributed by atoms with van der Waals surface area (Å²) in [6, 6.07) is 15.2. The molecule has 0 radical (unpaired) electrons. The Bertz CT molecular complexity index is 1230. The highest BCUT2D eigenvalue weighted by molar-refractivity contribution is 7.07. The molecule has 0 aliphatic heterocycles. The third-order valence-electron chi connectivity index (χ3n) is 4.19. The molecule has 29 heavy (non-hydrogen) atoms. The summed E-state index contributed by atoms with van der Waals surface area (Å²) in [7, 11) is 0. The summed E-state index contributed by atoms with van der Waals surface area (Å²) < 4.78 is 7.48. The van der Waals surface area contributed by atoms with Gasteiger partial charge in [-0.25, -0.2) is 4.99 Å². The number of hydrogen-bond donors (Lipinski definition) is 0. The first kappa shape index (κ1) is 19.4. The van der Waals surface area contributed by atoms with Gasteiger partial charge in [0, 0.05) is 22.5 Å². The van der Waals surface area contributed by atoms with Gasteiger partial charge in [0.25, 0.3) is 5.69 Å². The summed E-state index contributed by atoms with van der Waals surface area (Å²) in [5.41, 5.74) is 2.34. The largest absolute Gasteiger partial charge is 0.467 e. The van der Waals surface area contributed by atoms with Crippen LogP contribution in [0.1, 0.15) is 5.76 Å². The van der Waals surface area contributed by atoms with Crippen molar-refractivity contribution in [1.82, 2.24) is 4.57 Å². The maximum absolute atomic E-state index is 10.9. The monoisotopic (exact) mass is 445 g/mol. The molecule has 0 bridgehead atoms. The van der Waals surface area contributed by atoms with E-state index in [1.807, 2.05) is 22.1 Å². The minimum atomic E-state index is -0.419.